The van der Waals surface area contributed by atoms with Crippen LogP contribution in [0, 0.1) is 22.7 Å². The van der Waals surface area contributed by atoms with Gasteiger partial charge < -0.3 is 9.13 Å². The summed E-state index contributed by atoms with van der Waals surface area (Å²) in [5.74, 6) is 0.605. The van der Waals surface area contributed by atoms with Gasteiger partial charge in [-0.05, 0) is 51.6 Å². The van der Waals surface area contributed by atoms with Crippen LogP contribution >= 0.6 is 0 Å². The summed E-state index contributed by atoms with van der Waals surface area (Å²) in [4.78, 5) is 4.60. The Balaban J connectivity index is 1.47. The lowest BCUT2D eigenvalue weighted by molar-refractivity contribution is 0.748. The molecule has 1 aliphatic heterocycles. The first-order valence-corrected chi connectivity index (χ1v) is 13.9. The number of aromatic nitrogens is 3. The molecule has 5 nitrogen and oxygen atoms in total. The number of benzene rings is 5. The molecule has 194 valence electrons. The first kappa shape index (κ1) is 22.9. The number of nitriles is 2. The van der Waals surface area contributed by atoms with Crippen LogP contribution in [0.1, 0.15) is 33.6 Å². The molecule has 1 aliphatic carbocycles. The molecule has 0 amide bonds. The number of para-hydroxylation sites is 3. The number of nitrogens with zero attached hydrogens (tertiary/aromatic N) is 5. The summed E-state index contributed by atoms with van der Waals surface area (Å²) in [7, 11) is 1.80. The number of fused-ring (bicyclic) bond motifs is 12. The molecule has 1 unspecified atom stereocenters. The summed E-state index contributed by atoms with van der Waals surface area (Å²) in [5, 5.41) is 21.9. The highest BCUT2D eigenvalue weighted by Crippen LogP contribution is 2.61. The van der Waals surface area contributed by atoms with E-state index in [1.807, 2.05) is 0 Å². The molecule has 2 aromatic heterocycles. The van der Waals surface area contributed by atoms with Crippen LogP contribution < -0.4 is 0 Å². The Hall–Kier alpha value is -5.91. The molecule has 1 spiro atoms. The smallest absolute Gasteiger partial charge is 0.177 e. The lowest BCUT2D eigenvalue weighted by atomic mass is 9.65. The van der Waals surface area contributed by atoms with Crippen LogP contribution in [-0.4, -0.2) is 14.1 Å². The minimum atomic E-state index is -0.566. The van der Waals surface area contributed by atoms with Crippen LogP contribution in [0.4, 0.5) is 0 Å². The van der Waals surface area contributed by atoms with E-state index in [0.717, 1.165) is 5.56 Å². The van der Waals surface area contributed by atoms with Crippen LogP contribution in [0.15, 0.2) is 109 Å². The average Bonchev–Trinajstić information content (AvgIpc) is 3.66. The Bertz CT molecular complexity index is 2410. The fraction of sp³-hybridized carbons (Fsp3) is 0.0541. The SMILES string of the molecule is Cn1c(-c2ccc3c(c2)C2(c4ccccc4-3)c3ccccc3-n3c4ccccc4c4cccc2c43)nc(C#N)c1C#N. The van der Waals surface area contributed by atoms with Gasteiger partial charge in [-0.1, -0.05) is 91.0 Å². The Labute approximate surface area is 241 Å². The third-order valence-corrected chi connectivity index (χ3v) is 9.26. The summed E-state index contributed by atoms with van der Waals surface area (Å²) >= 11 is 0. The molecule has 0 saturated heterocycles. The fourth-order valence-corrected chi connectivity index (χ4v) is 7.66. The molecular formula is C37H21N5. The highest BCUT2D eigenvalue weighted by molar-refractivity contribution is 6.12. The molecule has 5 heteroatoms. The van der Waals surface area contributed by atoms with E-state index in [2.05, 4.69) is 131 Å². The lowest BCUT2D eigenvalue weighted by Crippen LogP contribution is -2.33. The minimum Gasteiger partial charge on any atom is -0.318 e. The third-order valence-electron chi connectivity index (χ3n) is 9.26. The second-order valence-corrected chi connectivity index (χ2v) is 11.0. The van der Waals surface area contributed by atoms with Crippen molar-refractivity contribution in [1.82, 2.24) is 14.1 Å². The van der Waals surface area contributed by atoms with Gasteiger partial charge in [-0.15, -0.1) is 0 Å². The van der Waals surface area contributed by atoms with Gasteiger partial charge in [-0.3, -0.25) is 0 Å². The Morgan fingerprint density at radius 2 is 1.38 bits per heavy atom. The highest BCUT2D eigenvalue weighted by atomic mass is 15.1. The second-order valence-electron chi connectivity index (χ2n) is 11.0. The van der Waals surface area contributed by atoms with Crippen molar-refractivity contribution in [3.8, 4) is 40.3 Å². The van der Waals surface area contributed by atoms with Crippen molar-refractivity contribution >= 4 is 21.8 Å². The van der Waals surface area contributed by atoms with Crippen molar-refractivity contribution < 1.29 is 0 Å². The molecule has 0 saturated carbocycles. The molecule has 0 N–H and O–H groups in total. The van der Waals surface area contributed by atoms with Gasteiger partial charge in [-0.25, -0.2) is 4.98 Å². The van der Waals surface area contributed by atoms with Crippen LogP contribution in [0.2, 0.25) is 0 Å². The molecule has 42 heavy (non-hydrogen) atoms. The van der Waals surface area contributed by atoms with E-state index in [4.69, 9.17) is 0 Å². The second kappa shape index (κ2) is 7.85. The molecule has 5 aromatic carbocycles. The van der Waals surface area contributed by atoms with Crippen LogP contribution in [0.25, 0.3) is 50.0 Å². The van der Waals surface area contributed by atoms with Crippen molar-refractivity contribution in [1.29, 1.82) is 10.5 Å². The van der Waals surface area contributed by atoms with Gasteiger partial charge >= 0.3 is 0 Å². The predicted octanol–water partition coefficient (Wildman–Crippen LogP) is 7.60. The lowest BCUT2D eigenvalue weighted by Gasteiger charge is -2.39. The van der Waals surface area contributed by atoms with E-state index in [1.54, 1.807) is 11.6 Å². The van der Waals surface area contributed by atoms with Crippen molar-refractivity contribution in [2.24, 2.45) is 7.05 Å². The molecular weight excluding hydrogens is 514 g/mol. The van der Waals surface area contributed by atoms with Gasteiger partial charge in [0.25, 0.3) is 0 Å². The van der Waals surface area contributed by atoms with Gasteiger partial charge in [0.05, 0.1) is 22.1 Å². The van der Waals surface area contributed by atoms with Gasteiger partial charge in [0.15, 0.2) is 11.4 Å². The van der Waals surface area contributed by atoms with Gasteiger partial charge in [0, 0.05) is 23.4 Å². The molecule has 0 radical (unpaired) electrons. The zero-order valence-corrected chi connectivity index (χ0v) is 22.6. The standard InChI is InChI=1S/C37H21N5/c1-41-34(21-39)31(20-38)40-36(41)22-17-18-24-23-9-2-4-12-27(23)37(30(24)19-22)28-13-5-7-16-33(28)42-32-15-6-3-10-25(32)26-11-8-14-29(37)35(26)42/h2-19H,1H3. The largest absolute Gasteiger partial charge is 0.318 e. The van der Waals surface area contributed by atoms with Crippen LogP contribution in [0.5, 0.6) is 0 Å². The summed E-state index contributed by atoms with van der Waals surface area (Å²) in [6.07, 6.45) is 0. The maximum absolute atomic E-state index is 9.75. The summed E-state index contributed by atoms with van der Waals surface area (Å²) in [5.41, 5.74) is 11.6. The van der Waals surface area contributed by atoms with Crippen molar-refractivity contribution in [2.45, 2.75) is 5.41 Å². The first-order valence-electron chi connectivity index (χ1n) is 13.9. The Kier molecular flexibility index (Phi) is 4.27. The monoisotopic (exact) mass is 535 g/mol. The first-order chi connectivity index (χ1) is 20.7. The topological polar surface area (TPSA) is 70.3 Å². The molecule has 3 heterocycles. The van der Waals surface area contributed by atoms with E-state index in [1.165, 1.54) is 60.9 Å². The molecule has 2 aliphatic rings. The van der Waals surface area contributed by atoms with Crippen LogP contribution in [0.3, 0.4) is 0 Å². The predicted molar refractivity (Wildman–Crippen MR) is 163 cm³/mol. The number of rotatable bonds is 1. The average molecular weight is 536 g/mol. The summed E-state index contributed by atoms with van der Waals surface area (Å²) < 4.78 is 4.16. The van der Waals surface area contributed by atoms with Gasteiger partial charge in [0.1, 0.15) is 18.0 Å². The van der Waals surface area contributed by atoms with Gasteiger partial charge in [-0.2, -0.15) is 10.5 Å². The molecule has 7 aromatic rings. The molecule has 1 atom stereocenters. The Morgan fingerprint density at radius 1 is 0.667 bits per heavy atom. The van der Waals surface area contributed by atoms with E-state index in [9.17, 15) is 10.5 Å². The zero-order valence-electron chi connectivity index (χ0n) is 22.6. The molecule has 0 fully saturated rings. The summed E-state index contributed by atoms with van der Waals surface area (Å²) in [6.45, 7) is 0. The molecule has 9 rings (SSSR count). The normalized spacial score (nSPS) is 15.8. The van der Waals surface area contributed by atoms with E-state index >= 15 is 0 Å². The van der Waals surface area contributed by atoms with Gasteiger partial charge in [0.2, 0.25) is 0 Å². The van der Waals surface area contributed by atoms with Crippen LogP contribution in [-0.2, 0) is 12.5 Å². The van der Waals surface area contributed by atoms with Crippen molar-refractivity contribution in [3.63, 3.8) is 0 Å². The maximum Gasteiger partial charge on any atom is 0.177 e. The number of hydrogen-bond donors (Lipinski definition) is 0. The zero-order chi connectivity index (χ0) is 28.2. The highest BCUT2D eigenvalue weighted by Gasteiger charge is 2.50. The summed E-state index contributed by atoms with van der Waals surface area (Å²) in [6, 6.07) is 43.6. The van der Waals surface area contributed by atoms with Crippen molar-refractivity contribution in [3.05, 3.63) is 143 Å². The fourth-order valence-electron chi connectivity index (χ4n) is 7.66. The van der Waals surface area contributed by atoms with E-state index in [0.29, 0.717) is 5.82 Å². The Morgan fingerprint density at radius 3 is 2.21 bits per heavy atom. The number of imidazole rings is 1. The van der Waals surface area contributed by atoms with E-state index < -0.39 is 5.41 Å². The van der Waals surface area contributed by atoms with Crippen molar-refractivity contribution in [2.75, 3.05) is 0 Å². The third kappa shape index (κ3) is 2.50. The number of hydrogen-bond acceptors (Lipinski definition) is 3. The quantitative estimate of drug-likeness (QED) is 0.217. The molecule has 0 bridgehead atoms. The maximum atomic E-state index is 9.75. The minimum absolute atomic E-state index is 0.144. The van der Waals surface area contributed by atoms with E-state index in [-0.39, 0.29) is 11.4 Å².